The maximum Gasteiger partial charge on any atom is 0.226 e. The van der Waals surface area contributed by atoms with Crippen LogP contribution in [0.15, 0.2) is 29.6 Å². The summed E-state index contributed by atoms with van der Waals surface area (Å²) in [5.41, 5.74) is 8.16. The van der Waals surface area contributed by atoms with Crippen LogP contribution in [-0.2, 0) is 17.8 Å². The molecular weight excluding hydrogens is 327 g/mol. The molecule has 7 heteroatoms. The minimum atomic E-state index is -0.225. The molecule has 2 atom stereocenters. The van der Waals surface area contributed by atoms with Gasteiger partial charge in [-0.15, -0.1) is 11.3 Å². The summed E-state index contributed by atoms with van der Waals surface area (Å²) in [6.07, 6.45) is 0.312. The number of nitrogens with two attached hydrogens (primary N) is 1. The first-order valence-corrected chi connectivity index (χ1v) is 8.80. The van der Waals surface area contributed by atoms with Gasteiger partial charge in [-0.25, -0.2) is 9.37 Å². The Morgan fingerprint density at radius 2 is 2.33 bits per heavy atom. The molecule has 2 heterocycles. The van der Waals surface area contributed by atoms with Gasteiger partial charge in [0.15, 0.2) is 0 Å². The van der Waals surface area contributed by atoms with Crippen LogP contribution < -0.4 is 11.1 Å². The van der Waals surface area contributed by atoms with Gasteiger partial charge in [0, 0.05) is 44.0 Å². The number of hydrogen-bond donors (Lipinski definition) is 2. The lowest BCUT2D eigenvalue weighted by Crippen LogP contribution is -2.28. The van der Waals surface area contributed by atoms with Crippen LogP contribution in [0.5, 0.6) is 0 Å². The molecule has 1 fully saturated rings. The zero-order chi connectivity index (χ0) is 17.1. The van der Waals surface area contributed by atoms with Crippen molar-refractivity contribution in [3.05, 3.63) is 51.7 Å². The maximum absolute atomic E-state index is 13.4. The number of amides is 1. The van der Waals surface area contributed by atoms with E-state index in [1.165, 1.54) is 17.4 Å². The van der Waals surface area contributed by atoms with E-state index >= 15 is 0 Å². The Hall–Kier alpha value is -1.83. The van der Waals surface area contributed by atoms with Gasteiger partial charge in [0.2, 0.25) is 5.91 Å². The molecule has 1 saturated heterocycles. The van der Waals surface area contributed by atoms with E-state index in [4.69, 9.17) is 5.73 Å². The molecule has 1 aliphatic rings. The predicted octanol–water partition coefficient (Wildman–Crippen LogP) is 1.50. The fourth-order valence-corrected chi connectivity index (χ4v) is 3.87. The van der Waals surface area contributed by atoms with Crippen molar-refractivity contribution in [3.8, 4) is 0 Å². The highest BCUT2D eigenvalue weighted by Crippen LogP contribution is 2.28. The molecule has 128 valence electrons. The highest BCUT2D eigenvalue weighted by molar-refractivity contribution is 7.09. The topological polar surface area (TPSA) is 71.2 Å². The Morgan fingerprint density at radius 3 is 3.08 bits per heavy atom. The minimum Gasteiger partial charge on any atom is -0.359 e. The Morgan fingerprint density at radius 1 is 1.50 bits per heavy atom. The van der Waals surface area contributed by atoms with Crippen LogP contribution in [-0.4, -0.2) is 42.0 Å². The van der Waals surface area contributed by atoms with Crippen LogP contribution >= 0.6 is 11.3 Å². The van der Waals surface area contributed by atoms with E-state index in [-0.39, 0.29) is 23.7 Å². The summed E-state index contributed by atoms with van der Waals surface area (Å²) in [6, 6.07) is 6.66. The van der Waals surface area contributed by atoms with E-state index in [9.17, 15) is 9.18 Å². The number of likely N-dealkylation sites (N-methyl/N-ethyl adjacent to an activating group) is 1. The van der Waals surface area contributed by atoms with Crippen molar-refractivity contribution in [2.24, 2.45) is 5.73 Å². The van der Waals surface area contributed by atoms with Crippen molar-refractivity contribution in [1.82, 2.24) is 15.2 Å². The number of carbonyl (C=O) groups is 1. The van der Waals surface area contributed by atoms with Crippen molar-refractivity contribution in [2.75, 3.05) is 20.1 Å². The van der Waals surface area contributed by atoms with E-state index < -0.39 is 0 Å². The summed E-state index contributed by atoms with van der Waals surface area (Å²) >= 11 is 1.50. The summed E-state index contributed by atoms with van der Waals surface area (Å²) in [5, 5.41) is 5.40. The van der Waals surface area contributed by atoms with Gasteiger partial charge in [0.25, 0.3) is 0 Å². The standard InChI is InChI=1S/C17H21FN4OS/c1-20-16(23)6-17-21-13(10-24-17)7-22-8-14(15(19)9-22)11-3-2-4-12(18)5-11/h2-5,10,14-15H,6-9,19H2,1H3,(H,20,23)/t14-,15+/m0/s1. The quantitative estimate of drug-likeness (QED) is 0.859. The van der Waals surface area contributed by atoms with Gasteiger partial charge in [0.05, 0.1) is 12.1 Å². The number of rotatable bonds is 5. The molecule has 0 radical (unpaired) electrons. The van der Waals surface area contributed by atoms with Gasteiger partial charge in [-0.2, -0.15) is 0 Å². The number of benzene rings is 1. The highest BCUT2D eigenvalue weighted by atomic mass is 32.1. The normalized spacial score (nSPS) is 21.1. The largest absolute Gasteiger partial charge is 0.359 e. The first-order valence-electron chi connectivity index (χ1n) is 7.92. The van der Waals surface area contributed by atoms with Crippen molar-refractivity contribution in [2.45, 2.75) is 24.9 Å². The van der Waals surface area contributed by atoms with Crippen molar-refractivity contribution >= 4 is 17.2 Å². The second kappa shape index (κ2) is 7.38. The number of nitrogens with one attached hydrogen (secondary N) is 1. The lowest BCUT2D eigenvalue weighted by atomic mass is 9.95. The molecule has 0 aliphatic carbocycles. The lowest BCUT2D eigenvalue weighted by molar-refractivity contribution is -0.119. The molecule has 0 bridgehead atoms. The number of nitrogens with zero attached hydrogens (tertiary/aromatic N) is 2. The highest BCUT2D eigenvalue weighted by Gasteiger charge is 2.31. The third-order valence-electron chi connectivity index (χ3n) is 4.29. The molecule has 2 aromatic rings. The average Bonchev–Trinajstić information content (AvgIpc) is 3.14. The Kier molecular flexibility index (Phi) is 5.23. The van der Waals surface area contributed by atoms with Crippen LogP contribution in [0.25, 0.3) is 0 Å². The number of thiazole rings is 1. The van der Waals surface area contributed by atoms with E-state index in [1.54, 1.807) is 19.2 Å². The molecule has 0 unspecified atom stereocenters. The van der Waals surface area contributed by atoms with Crippen molar-refractivity contribution in [1.29, 1.82) is 0 Å². The van der Waals surface area contributed by atoms with Crippen LogP contribution in [0.2, 0.25) is 0 Å². The molecule has 1 aliphatic heterocycles. The van der Waals surface area contributed by atoms with Crippen molar-refractivity contribution < 1.29 is 9.18 Å². The molecule has 3 rings (SSSR count). The Balaban J connectivity index is 1.62. The first kappa shape index (κ1) is 17.0. The van der Waals surface area contributed by atoms with Gasteiger partial charge in [-0.1, -0.05) is 12.1 Å². The molecule has 1 aromatic carbocycles. The van der Waals surface area contributed by atoms with Crippen LogP contribution in [0.1, 0.15) is 22.2 Å². The average molecular weight is 348 g/mol. The van der Waals surface area contributed by atoms with E-state index in [2.05, 4.69) is 15.2 Å². The minimum absolute atomic E-state index is 0.0178. The van der Waals surface area contributed by atoms with Crippen LogP contribution in [0.3, 0.4) is 0 Å². The second-order valence-electron chi connectivity index (χ2n) is 6.10. The lowest BCUT2D eigenvalue weighted by Gasteiger charge is -2.15. The molecule has 3 N–H and O–H groups in total. The predicted molar refractivity (Wildman–Crippen MR) is 92.3 cm³/mol. The number of hydrogen-bond acceptors (Lipinski definition) is 5. The zero-order valence-corrected chi connectivity index (χ0v) is 14.4. The van der Waals surface area contributed by atoms with Crippen LogP contribution in [0, 0.1) is 5.82 Å². The fraction of sp³-hybridized carbons (Fsp3) is 0.412. The summed E-state index contributed by atoms with van der Waals surface area (Å²) in [6.45, 7) is 2.24. The molecule has 0 saturated carbocycles. The summed E-state index contributed by atoms with van der Waals surface area (Å²) in [4.78, 5) is 18.2. The van der Waals surface area contributed by atoms with Gasteiger partial charge in [0.1, 0.15) is 10.8 Å². The van der Waals surface area contributed by atoms with Crippen molar-refractivity contribution in [3.63, 3.8) is 0 Å². The molecule has 24 heavy (non-hydrogen) atoms. The van der Waals surface area contributed by atoms with Gasteiger partial charge >= 0.3 is 0 Å². The summed E-state index contributed by atoms with van der Waals surface area (Å²) in [7, 11) is 1.62. The summed E-state index contributed by atoms with van der Waals surface area (Å²) in [5.74, 6) is -0.133. The number of carbonyl (C=O) groups excluding carboxylic acids is 1. The molecule has 0 spiro atoms. The molecule has 5 nitrogen and oxygen atoms in total. The Labute approximate surface area is 144 Å². The maximum atomic E-state index is 13.4. The van der Waals surface area contributed by atoms with Gasteiger partial charge in [-0.3, -0.25) is 9.69 Å². The SMILES string of the molecule is CNC(=O)Cc1nc(CN2C[C@@H](N)[C@H](c3cccc(F)c3)C2)cs1. The first-order chi connectivity index (χ1) is 11.5. The zero-order valence-electron chi connectivity index (χ0n) is 13.5. The monoisotopic (exact) mass is 348 g/mol. The third kappa shape index (κ3) is 3.98. The number of halogens is 1. The fourth-order valence-electron chi connectivity index (χ4n) is 3.09. The smallest absolute Gasteiger partial charge is 0.226 e. The second-order valence-corrected chi connectivity index (χ2v) is 7.04. The number of aromatic nitrogens is 1. The van der Waals surface area contributed by atoms with E-state index in [0.717, 1.165) is 29.4 Å². The van der Waals surface area contributed by atoms with Gasteiger partial charge < -0.3 is 11.1 Å². The Bertz CT molecular complexity index is 720. The molecule has 1 aromatic heterocycles. The van der Waals surface area contributed by atoms with Crippen LogP contribution in [0.4, 0.5) is 4.39 Å². The van der Waals surface area contributed by atoms with E-state index in [1.807, 2.05) is 11.4 Å². The third-order valence-corrected chi connectivity index (χ3v) is 5.19. The number of likely N-dealkylation sites (tertiary alicyclic amines) is 1. The summed E-state index contributed by atoms with van der Waals surface area (Å²) < 4.78 is 13.4. The molecular formula is C17H21FN4OS. The molecule has 1 amide bonds. The van der Waals surface area contributed by atoms with E-state index in [0.29, 0.717) is 13.0 Å². The van der Waals surface area contributed by atoms with Gasteiger partial charge in [-0.05, 0) is 17.7 Å².